The fourth-order valence-corrected chi connectivity index (χ4v) is 2.88. The quantitative estimate of drug-likeness (QED) is 0.890. The van der Waals surface area contributed by atoms with Crippen molar-refractivity contribution >= 4 is 15.7 Å². The lowest BCUT2D eigenvalue weighted by Crippen LogP contribution is -2.13. The Morgan fingerprint density at radius 1 is 1.10 bits per heavy atom. The average Bonchev–Trinajstić information content (AvgIpc) is 2.39. The molecule has 0 spiro atoms. The number of sulfonamides is 1. The highest BCUT2D eigenvalue weighted by Gasteiger charge is 2.14. The molecule has 0 amide bonds. The molecule has 0 heterocycles. The van der Waals surface area contributed by atoms with Gasteiger partial charge in [-0.1, -0.05) is 18.2 Å². The Balaban J connectivity index is 2.26. The van der Waals surface area contributed by atoms with Crippen LogP contribution in [0.25, 0.3) is 0 Å². The molecule has 0 bridgehead atoms. The number of hydrogen-bond acceptors (Lipinski definition) is 3. The maximum absolute atomic E-state index is 13.1. The highest BCUT2D eigenvalue weighted by molar-refractivity contribution is 7.92. The molecule has 0 saturated heterocycles. The van der Waals surface area contributed by atoms with Crippen LogP contribution in [0.2, 0.25) is 0 Å². The van der Waals surface area contributed by atoms with Gasteiger partial charge in [-0.05, 0) is 42.9 Å². The van der Waals surface area contributed by atoms with E-state index < -0.39 is 15.8 Å². The molecule has 0 fully saturated rings. The van der Waals surface area contributed by atoms with Crippen molar-refractivity contribution in [1.29, 1.82) is 0 Å². The third-order valence-corrected chi connectivity index (χ3v) is 4.05. The first kappa shape index (κ1) is 14.5. The fraction of sp³-hybridized carbons (Fsp3) is 0.143. The van der Waals surface area contributed by atoms with Crippen molar-refractivity contribution in [2.45, 2.75) is 11.4 Å². The normalized spacial score (nSPS) is 11.3. The summed E-state index contributed by atoms with van der Waals surface area (Å²) in [5, 5.41) is 2.99. The molecule has 0 aliphatic rings. The maximum Gasteiger partial charge on any atom is 0.261 e. The van der Waals surface area contributed by atoms with Crippen molar-refractivity contribution in [1.82, 2.24) is 5.32 Å². The summed E-state index contributed by atoms with van der Waals surface area (Å²) in [6.07, 6.45) is 0. The van der Waals surface area contributed by atoms with E-state index in [1.165, 1.54) is 18.2 Å². The lowest BCUT2D eigenvalue weighted by molar-refractivity contribution is 0.595. The lowest BCUT2D eigenvalue weighted by atomic mass is 10.2. The Labute approximate surface area is 117 Å². The zero-order valence-corrected chi connectivity index (χ0v) is 11.7. The van der Waals surface area contributed by atoms with Crippen LogP contribution in [0.1, 0.15) is 5.56 Å². The highest BCUT2D eigenvalue weighted by Crippen LogP contribution is 2.17. The molecule has 0 saturated carbocycles. The second-order valence-corrected chi connectivity index (χ2v) is 5.98. The van der Waals surface area contributed by atoms with Crippen LogP contribution >= 0.6 is 0 Å². The molecule has 0 aromatic heterocycles. The van der Waals surface area contributed by atoms with Crippen molar-refractivity contribution in [3.05, 3.63) is 59.9 Å². The number of nitrogens with one attached hydrogen (secondary N) is 2. The van der Waals surface area contributed by atoms with Gasteiger partial charge in [0, 0.05) is 12.2 Å². The average molecular weight is 294 g/mol. The highest BCUT2D eigenvalue weighted by atomic mass is 32.2. The van der Waals surface area contributed by atoms with E-state index in [2.05, 4.69) is 10.0 Å². The zero-order chi connectivity index (χ0) is 14.6. The standard InChI is InChI=1S/C14H15FN2O2S/c1-16-10-11-4-2-6-13(8-11)17-20(18,19)14-7-3-5-12(15)9-14/h2-9,16-17H,10H2,1H3. The van der Waals surface area contributed by atoms with Crippen LogP contribution in [0.15, 0.2) is 53.4 Å². The van der Waals surface area contributed by atoms with Crippen LogP contribution in [0.3, 0.4) is 0 Å². The molecule has 2 aromatic carbocycles. The van der Waals surface area contributed by atoms with E-state index >= 15 is 0 Å². The van der Waals surface area contributed by atoms with E-state index in [1.54, 1.807) is 18.2 Å². The molecule has 2 rings (SSSR count). The van der Waals surface area contributed by atoms with E-state index in [4.69, 9.17) is 0 Å². The fourth-order valence-electron chi connectivity index (χ4n) is 1.80. The Hall–Kier alpha value is -1.92. The van der Waals surface area contributed by atoms with Gasteiger partial charge >= 0.3 is 0 Å². The van der Waals surface area contributed by atoms with Gasteiger partial charge in [-0.2, -0.15) is 0 Å². The summed E-state index contributed by atoms with van der Waals surface area (Å²) >= 11 is 0. The van der Waals surface area contributed by atoms with Crippen LogP contribution in [-0.2, 0) is 16.6 Å². The zero-order valence-electron chi connectivity index (χ0n) is 10.9. The minimum absolute atomic E-state index is 0.100. The summed E-state index contributed by atoms with van der Waals surface area (Å²) in [4.78, 5) is -0.100. The molecule has 2 N–H and O–H groups in total. The minimum Gasteiger partial charge on any atom is -0.316 e. The van der Waals surface area contributed by atoms with Gasteiger partial charge in [-0.25, -0.2) is 12.8 Å². The molecule has 2 aromatic rings. The van der Waals surface area contributed by atoms with Crippen molar-refractivity contribution < 1.29 is 12.8 Å². The maximum atomic E-state index is 13.1. The van der Waals surface area contributed by atoms with Crippen LogP contribution in [0.5, 0.6) is 0 Å². The molecule has 6 heteroatoms. The predicted molar refractivity (Wildman–Crippen MR) is 76.4 cm³/mol. The van der Waals surface area contributed by atoms with Crippen molar-refractivity contribution in [3.63, 3.8) is 0 Å². The van der Waals surface area contributed by atoms with Gasteiger partial charge in [-0.3, -0.25) is 4.72 Å². The first-order valence-corrected chi connectivity index (χ1v) is 7.51. The molecule has 0 radical (unpaired) electrons. The number of anilines is 1. The van der Waals surface area contributed by atoms with Gasteiger partial charge in [0.25, 0.3) is 10.0 Å². The van der Waals surface area contributed by atoms with E-state index in [1.807, 2.05) is 13.1 Å². The second-order valence-electron chi connectivity index (χ2n) is 4.29. The van der Waals surface area contributed by atoms with Gasteiger partial charge < -0.3 is 5.32 Å². The van der Waals surface area contributed by atoms with Gasteiger partial charge in [0.15, 0.2) is 0 Å². The number of rotatable bonds is 5. The number of hydrogen-bond donors (Lipinski definition) is 2. The Morgan fingerprint density at radius 3 is 2.55 bits per heavy atom. The summed E-state index contributed by atoms with van der Waals surface area (Å²) < 4.78 is 39.8. The van der Waals surface area contributed by atoms with E-state index in [0.717, 1.165) is 11.6 Å². The molecule has 0 aliphatic carbocycles. The third-order valence-electron chi connectivity index (χ3n) is 2.67. The SMILES string of the molecule is CNCc1cccc(NS(=O)(=O)c2cccc(F)c2)c1. The Morgan fingerprint density at radius 2 is 1.85 bits per heavy atom. The molecule has 0 aliphatic heterocycles. The topological polar surface area (TPSA) is 58.2 Å². The molecule has 4 nitrogen and oxygen atoms in total. The molecule has 106 valence electrons. The van der Waals surface area contributed by atoms with Crippen molar-refractivity contribution in [2.75, 3.05) is 11.8 Å². The number of benzene rings is 2. The summed E-state index contributed by atoms with van der Waals surface area (Å²) in [7, 11) is -1.97. The molecule has 0 atom stereocenters. The van der Waals surface area contributed by atoms with Crippen LogP contribution in [0.4, 0.5) is 10.1 Å². The molecule has 20 heavy (non-hydrogen) atoms. The van der Waals surface area contributed by atoms with E-state index in [-0.39, 0.29) is 4.90 Å². The number of halogens is 1. The van der Waals surface area contributed by atoms with E-state index in [0.29, 0.717) is 12.2 Å². The molecular weight excluding hydrogens is 279 g/mol. The largest absolute Gasteiger partial charge is 0.316 e. The van der Waals surface area contributed by atoms with Crippen LogP contribution in [-0.4, -0.2) is 15.5 Å². The van der Waals surface area contributed by atoms with Gasteiger partial charge in [0.1, 0.15) is 5.82 Å². The van der Waals surface area contributed by atoms with Gasteiger partial charge in [-0.15, -0.1) is 0 Å². The minimum atomic E-state index is -3.78. The Kier molecular flexibility index (Phi) is 4.36. The summed E-state index contributed by atoms with van der Waals surface area (Å²) in [5.41, 5.74) is 1.40. The van der Waals surface area contributed by atoms with Gasteiger partial charge in [0.05, 0.1) is 4.90 Å². The third kappa shape index (κ3) is 3.55. The van der Waals surface area contributed by atoms with Crippen LogP contribution in [0, 0.1) is 5.82 Å². The Bertz CT molecular complexity index is 702. The van der Waals surface area contributed by atoms with E-state index in [9.17, 15) is 12.8 Å². The second kappa shape index (κ2) is 6.02. The molecule has 0 unspecified atom stereocenters. The summed E-state index contributed by atoms with van der Waals surface area (Å²) in [5.74, 6) is -0.586. The first-order chi connectivity index (χ1) is 9.51. The lowest BCUT2D eigenvalue weighted by Gasteiger charge is -2.09. The monoisotopic (exact) mass is 294 g/mol. The van der Waals surface area contributed by atoms with Crippen molar-refractivity contribution in [3.8, 4) is 0 Å². The smallest absolute Gasteiger partial charge is 0.261 e. The first-order valence-electron chi connectivity index (χ1n) is 6.03. The molecular formula is C14H15FN2O2S. The van der Waals surface area contributed by atoms with Crippen molar-refractivity contribution in [2.24, 2.45) is 0 Å². The van der Waals surface area contributed by atoms with Crippen LogP contribution < -0.4 is 10.0 Å². The predicted octanol–water partition coefficient (Wildman–Crippen LogP) is 2.35. The summed E-state index contributed by atoms with van der Waals surface area (Å²) in [6.45, 7) is 0.634. The van der Waals surface area contributed by atoms with Gasteiger partial charge in [0.2, 0.25) is 0 Å². The summed E-state index contributed by atoms with van der Waals surface area (Å²) in [6, 6.07) is 11.9.